The minimum atomic E-state index is -1.33. The third kappa shape index (κ3) is 4.30. The molecule has 0 saturated carbocycles. The van der Waals surface area contributed by atoms with Gasteiger partial charge in [-0.15, -0.1) is 0 Å². The molecule has 0 radical (unpaired) electrons. The third-order valence-electron chi connectivity index (χ3n) is 2.40. The number of carboxylic acids is 2. The zero-order chi connectivity index (χ0) is 14.4. The standard InChI is InChI=1S/C12H13NO6/c14-9-4-2-1-3-7(9)11(17)13-8(12(18)19)5-6-10(15)16/h1-4,8,14H,5-6H2,(H,13,17)(H,15,16)(H,18,19). The van der Waals surface area contributed by atoms with Crippen LogP contribution in [-0.4, -0.2) is 39.2 Å². The molecule has 0 heterocycles. The van der Waals surface area contributed by atoms with E-state index in [9.17, 15) is 19.5 Å². The lowest BCUT2D eigenvalue weighted by Crippen LogP contribution is -2.41. The highest BCUT2D eigenvalue weighted by molar-refractivity contribution is 5.98. The first-order valence-corrected chi connectivity index (χ1v) is 5.45. The van der Waals surface area contributed by atoms with Crippen molar-refractivity contribution in [2.75, 3.05) is 0 Å². The van der Waals surface area contributed by atoms with Gasteiger partial charge in [-0.3, -0.25) is 9.59 Å². The Morgan fingerprint density at radius 1 is 1.16 bits per heavy atom. The summed E-state index contributed by atoms with van der Waals surface area (Å²) in [5.74, 6) is -3.52. The van der Waals surface area contributed by atoms with E-state index in [1.54, 1.807) is 0 Å². The van der Waals surface area contributed by atoms with Crippen molar-refractivity contribution in [2.24, 2.45) is 0 Å². The molecule has 102 valence electrons. The van der Waals surface area contributed by atoms with Crippen LogP contribution in [0, 0.1) is 0 Å². The van der Waals surface area contributed by atoms with E-state index in [4.69, 9.17) is 10.2 Å². The maximum Gasteiger partial charge on any atom is 0.326 e. The molecule has 1 rings (SSSR count). The number of phenols is 1. The fraction of sp³-hybridized carbons (Fsp3) is 0.250. The Hall–Kier alpha value is -2.57. The highest BCUT2D eigenvalue weighted by Crippen LogP contribution is 2.15. The summed E-state index contributed by atoms with van der Waals surface area (Å²) in [6.45, 7) is 0. The number of nitrogens with one attached hydrogen (secondary N) is 1. The maximum absolute atomic E-state index is 11.7. The molecule has 1 aromatic rings. The molecule has 1 amide bonds. The fourth-order valence-corrected chi connectivity index (χ4v) is 1.43. The Labute approximate surface area is 108 Å². The molecule has 0 fully saturated rings. The van der Waals surface area contributed by atoms with Crippen molar-refractivity contribution in [1.82, 2.24) is 5.32 Å². The minimum Gasteiger partial charge on any atom is -0.507 e. The van der Waals surface area contributed by atoms with Crippen molar-refractivity contribution in [3.8, 4) is 5.75 Å². The summed E-state index contributed by atoms with van der Waals surface area (Å²) in [5.41, 5.74) is -0.0657. The van der Waals surface area contributed by atoms with Crippen LogP contribution in [0.4, 0.5) is 0 Å². The van der Waals surface area contributed by atoms with E-state index in [0.29, 0.717) is 0 Å². The number of hydrogen-bond donors (Lipinski definition) is 4. The van der Waals surface area contributed by atoms with Gasteiger partial charge in [0.05, 0.1) is 5.56 Å². The first kappa shape index (κ1) is 14.5. The van der Waals surface area contributed by atoms with Gasteiger partial charge in [-0.05, 0) is 18.6 Å². The van der Waals surface area contributed by atoms with Crippen molar-refractivity contribution >= 4 is 17.8 Å². The number of benzene rings is 1. The molecule has 1 aromatic carbocycles. The molecule has 0 aromatic heterocycles. The Kier molecular flexibility index (Phi) is 4.87. The summed E-state index contributed by atoms with van der Waals surface area (Å²) in [6.07, 6.45) is -0.609. The van der Waals surface area contributed by atoms with Crippen LogP contribution in [0.1, 0.15) is 23.2 Å². The van der Waals surface area contributed by atoms with Crippen molar-refractivity contribution in [1.29, 1.82) is 0 Å². The number of aliphatic carboxylic acids is 2. The van der Waals surface area contributed by atoms with Crippen LogP contribution in [-0.2, 0) is 9.59 Å². The van der Waals surface area contributed by atoms with Crippen LogP contribution in [0.3, 0.4) is 0 Å². The van der Waals surface area contributed by atoms with E-state index in [2.05, 4.69) is 5.32 Å². The highest BCUT2D eigenvalue weighted by atomic mass is 16.4. The highest BCUT2D eigenvalue weighted by Gasteiger charge is 2.22. The molecule has 0 aliphatic rings. The number of carboxylic acid groups (broad SMARTS) is 2. The van der Waals surface area contributed by atoms with Gasteiger partial charge in [0.2, 0.25) is 0 Å². The zero-order valence-corrected chi connectivity index (χ0v) is 9.87. The van der Waals surface area contributed by atoms with Gasteiger partial charge in [-0.2, -0.15) is 0 Å². The second-order valence-corrected chi connectivity index (χ2v) is 3.81. The molecule has 0 saturated heterocycles. The van der Waals surface area contributed by atoms with Crippen LogP contribution in [0.25, 0.3) is 0 Å². The average Bonchev–Trinajstić information content (AvgIpc) is 2.34. The summed E-state index contributed by atoms with van der Waals surface area (Å²) in [6, 6.07) is 4.35. The van der Waals surface area contributed by atoms with Crippen LogP contribution in [0.15, 0.2) is 24.3 Å². The minimum absolute atomic E-state index is 0.0657. The lowest BCUT2D eigenvalue weighted by Gasteiger charge is -2.13. The molecule has 7 heteroatoms. The van der Waals surface area contributed by atoms with Crippen LogP contribution in [0.2, 0.25) is 0 Å². The summed E-state index contributed by atoms with van der Waals surface area (Å²) < 4.78 is 0. The number of carbonyl (C=O) groups is 3. The molecule has 4 N–H and O–H groups in total. The second kappa shape index (κ2) is 6.39. The summed E-state index contributed by atoms with van der Waals surface area (Å²) in [7, 11) is 0. The number of rotatable bonds is 6. The molecule has 0 bridgehead atoms. The van der Waals surface area contributed by atoms with Gasteiger partial charge in [0, 0.05) is 6.42 Å². The van der Waals surface area contributed by atoms with Gasteiger partial charge in [-0.1, -0.05) is 12.1 Å². The van der Waals surface area contributed by atoms with E-state index in [1.165, 1.54) is 24.3 Å². The molecule has 1 unspecified atom stereocenters. The number of amides is 1. The lowest BCUT2D eigenvalue weighted by atomic mass is 10.1. The number of carbonyl (C=O) groups excluding carboxylic acids is 1. The third-order valence-corrected chi connectivity index (χ3v) is 2.40. The van der Waals surface area contributed by atoms with Crippen LogP contribution < -0.4 is 5.32 Å². The van der Waals surface area contributed by atoms with E-state index >= 15 is 0 Å². The maximum atomic E-state index is 11.7. The predicted molar refractivity (Wildman–Crippen MR) is 63.9 cm³/mol. The zero-order valence-electron chi connectivity index (χ0n) is 9.87. The normalized spacial score (nSPS) is 11.6. The molecule has 0 aliphatic carbocycles. The molecule has 0 spiro atoms. The molecular weight excluding hydrogens is 254 g/mol. The number of para-hydroxylation sites is 1. The summed E-state index contributed by atoms with van der Waals surface area (Å²) in [4.78, 5) is 33.0. The molecular formula is C12H13NO6. The van der Waals surface area contributed by atoms with E-state index in [1.807, 2.05) is 0 Å². The van der Waals surface area contributed by atoms with E-state index in [-0.39, 0.29) is 24.2 Å². The Balaban J connectivity index is 2.74. The SMILES string of the molecule is O=C(O)CCC(NC(=O)c1ccccc1O)C(=O)O. The van der Waals surface area contributed by atoms with Gasteiger partial charge in [0.25, 0.3) is 5.91 Å². The summed E-state index contributed by atoms with van der Waals surface area (Å²) in [5, 5.41) is 29.0. The number of phenolic OH excluding ortho intramolecular Hbond substituents is 1. The molecule has 19 heavy (non-hydrogen) atoms. The first-order valence-electron chi connectivity index (χ1n) is 5.45. The monoisotopic (exact) mass is 267 g/mol. The van der Waals surface area contributed by atoms with Gasteiger partial charge >= 0.3 is 11.9 Å². The molecule has 7 nitrogen and oxygen atoms in total. The van der Waals surface area contributed by atoms with Gasteiger partial charge in [-0.25, -0.2) is 4.79 Å². The fourth-order valence-electron chi connectivity index (χ4n) is 1.43. The first-order chi connectivity index (χ1) is 8.91. The van der Waals surface area contributed by atoms with Gasteiger partial charge in [0.15, 0.2) is 0 Å². The Morgan fingerprint density at radius 3 is 2.32 bits per heavy atom. The van der Waals surface area contributed by atoms with Crippen molar-refractivity contribution < 1.29 is 29.7 Å². The van der Waals surface area contributed by atoms with Crippen molar-refractivity contribution in [3.05, 3.63) is 29.8 Å². The Morgan fingerprint density at radius 2 is 1.79 bits per heavy atom. The topological polar surface area (TPSA) is 124 Å². The quantitative estimate of drug-likeness (QED) is 0.593. The largest absolute Gasteiger partial charge is 0.507 e. The van der Waals surface area contributed by atoms with Crippen molar-refractivity contribution in [3.63, 3.8) is 0 Å². The van der Waals surface area contributed by atoms with Gasteiger partial charge < -0.3 is 20.6 Å². The Bertz CT molecular complexity index is 499. The predicted octanol–water partition coefficient (Wildman–Crippen LogP) is 0.440. The summed E-state index contributed by atoms with van der Waals surface area (Å²) >= 11 is 0. The van der Waals surface area contributed by atoms with E-state index in [0.717, 1.165) is 0 Å². The number of hydrogen-bond acceptors (Lipinski definition) is 4. The van der Waals surface area contributed by atoms with Crippen LogP contribution in [0.5, 0.6) is 5.75 Å². The lowest BCUT2D eigenvalue weighted by molar-refractivity contribution is -0.140. The molecule has 1 atom stereocenters. The second-order valence-electron chi connectivity index (χ2n) is 3.81. The smallest absolute Gasteiger partial charge is 0.326 e. The average molecular weight is 267 g/mol. The van der Waals surface area contributed by atoms with Crippen molar-refractivity contribution in [2.45, 2.75) is 18.9 Å². The van der Waals surface area contributed by atoms with E-state index < -0.39 is 23.9 Å². The van der Waals surface area contributed by atoms with Gasteiger partial charge in [0.1, 0.15) is 11.8 Å². The number of aromatic hydroxyl groups is 1. The van der Waals surface area contributed by atoms with Crippen LogP contribution >= 0.6 is 0 Å². The molecule has 0 aliphatic heterocycles.